The first-order valence-corrected chi connectivity index (χ1v) is 14.2. The summed E-state index contributed by atoms with van der Waals surface area (Å²) < 4.78 is 40.9. The summed E-state index contributed by atoms with van der Waals surface area (Å²) in [5.74, 6) is -0.120. The molecule has 1 aromatic heterocycles. The lowest BCUT2D eigenvalue weighted by Crippen LogP contribution is -2.49. The zero-order valence-electron chi connectivity index (χ0n) is 21.8. The molecular formula is C31H28N2O5S. The second-order valence-electron chi connectivity index (χ2n) is 10.7. The van der Waals surface area contributed by atoms with Crippen LogP contribution in [0.5, 0.6) is 5.75 Å². The van der Waals surface area contributed by atoms with E-state index in [1.54, 1.807) is 48.5 Å². The van der Waals surface area contributed by atoms with Gasteiger partial charge >= 0.3 is 0 Å². The first-order chi connectivity index (χ1) is 18.6. The number of furan rings is 1. The Morgan fingerprint density at radius 2 is 1.59 bits per heavy atom. The van der Waals surface area contributed by atoms with Crippen molar-refractivity contribution < 1.29 is 22.4 Å². The number of anilines is 2. The van der Waals surface area contributed by atoms with Crippen LogP contribution in [0.1, 0.15) is 26.3 Å². The van der Waals surface area contributed by atoms with E-state index in [2.05, 4.69) is 26.1 Å². The number of carbonyl (C=O) groups is 1. The van der Waals surface area contributed by atoms with E-state index in [1.165, 1.54) is 4.31 Å². The average molecular weight is 541 g/mol. The fourth-order valence-corrected chi connectivity index (χ4v) is 6.32. The van der Waals surface area contributed by atoms with E-state index < -0.39 is 22.0 Å². The molecule has 0 aliphatic carbocycles. The highest BCUT2D eigenvalue weighted by Gasteiger charge is 2.38. The minimum Gasteiger partial charge on any atom is -0.476 e. The molecule has 198 valence electrons. The molecule has 1 aliphatic heterocycles. The van der Waals surface area contributed by atoms with E-state index in [0.717, 1.165) is 21.9 Å². The SMILES string of the molecule is CC(C)(C)c1ccc2c(c1)N(S(=O)(=O)c1ccccc1)C[C@@H](C(=O)Nc1ccc3c(c1)oc1ccccc13)O2. The van der Waals surface area contributed by atoms with Crippen LogP contribution < -0.4 is 14.4 Å². The second kappa shape index (κ2) is 9.17. The standard InChI is InChI=1S/C31H28N2O5S/c1-31(2,3)20-13-16-27-25(17-20)33(39(35,36)22-9-5-4-6-10-22)19-29(38-27)30(34)32-21-14-15-24-23-11-7-8-12-26(23)37-28(24)18-21/h4-18,29H,19H2,1-3H3,(H,32,34)/t29-/m0/s1. The van der Waals surface area contributed by atoms with E-state index in [-0.39, 0.29) is 16.9 Å². The van der Waals surface area contributed by atoms with Crippen molar-refractivity contribution in [2.75, 3.05) is 16.2 Å². The number of carbonyl (C=O) groups excluding carboxylic acids is 1. The fraction of sp³-hybridized carbons (Fsp3) is 0.194. The van der Waals surface area contributed by atoms with Crippen molar-refractivity contribution in [2.45, 2.75) is 37.2 Å². The molecule has 8 heteroatoms. The van der Waals surface area contributed by atoms with Crippen molar-refractivity contribution in [3.63, 3.8) is 0 Å². The number of para-hydroxylation sites is 1. The van der Waals surface area contributed by atoms with Crippen molar-refractivity contribution in [2.24, 2.45) is 0 Å². The number of sulfonamides is 1. The molecule has 2 heterocycles. The van der Waals surface area contributed by atoms with E-state index >= 15 is 0 Å². The molecule has 1 amide bonds. The predicted molar refractivity (Wildman–Crippen MR) is 153 cm³/mol. The molecule has 0 fully saturated rings. The Morgan fingerprint density at radius 3 is 2.36 bits per heavy atom. The van der Waals surface area contributed by atoms with Crippen molar-refractivity contribution in [3.8, 4) is 5.75 Å². The monoisotopic (exact) mass is 540 g/mol. The van der Waals surface area contributed by atoms with Gasteiger partial charge in [0.15, 0.2) is 6.10 Å². The molecular weight excluding hydrogens is 512 g/mol. The third-order valence-electron chi connectivity index (χ3n) is 6.96. The minimum atomic E-state index is -3.96. The smallest absolute Gasteiger partial charge is 0.267 e. The summed E-state index contributed by atoms with van der Waals surface area (Å²) >= 11 is 0. The molecule has 1 N–H and O–H groups in total. The summed E-state index contributed by atoms with van der Waals surface area (Å²) in [5.41, 5.74) is 3.10. The van der Waals surface area contributed by atoms with Gasteiger partial charge in [-0.1, -0.05) is 63.2 Å². The predicted octanol–water partition coefficient (Wildman–Crippen LogP) is 6.48. The lowest BCUT2D eigenvalue weighted by molar-refractivity contribution is -0.122. The van der Waals surface area contributed by atoms with Crippen LogP contribution in [-0.2, 0) is 20.2 Å². The number of nitrogens with one attached hydrogen (secondary N) is 1. The molecule has 0 radical (unpaired) electrons. The van der Waals surface area contributed by atoms with E-state index in [9.17, 15) is 13.2 Å². The molecule has 6 rings (SSSR count). The van der Waals surface area contributed by atoms with Crippen LogP contribution in [0.4, 0.5) is 11.4 Å². The Bertz CT molecular complexity index is 1820. The third kappa shape index (κ3) is 4.51. The molecule has 5 aromatic rings. The Morgan fingerprint density at radius 1 is 0.872 bits per heavy atom. The van der Waals surface area contributed by atoms with Gasteiger partial charge in [-0.3, -0.25) is 9.10 Å². The van der Waals surface area contributed by atoms with Crippen LogP contribution in [0.2, 0.25) is 0 Å². The molecule has 1 aliphatic rings. The summed E-state index contributed by atoms with van der Waals surface area (Å²) in [6.45, 7) is 6.01. The highest BCUT2D eigenvalue weighted by atomic mass is 32.2. The normalized spacial score (nSPS) is 15.7. The van der Waals surface area contributed by atoms with Crippen LogP contribution in [-0.4, -0.2) is 27.0 Å². The highest BCUT2D eigenvalue weighted by Crippen LogP contribution is 2.40. The van der Waals surface area contributed by atoms with Crippen LogP contribution in [0.15, 0.2) is 100 Å². The number of hydrogen-bond donors (Lipinski definition) is 1. The summed E-state index contributed by atoms with van der Waals surface area (Å²) in [6, 6.07) is 26.9. The number of amides is 1. The zero-order valence-corrected chi connectivity index (χ0v) is 22.7. The van der Waals surface area contributed by atoms with Crippen molar-refractivity contribution >= 4 is 49.2 Å². The topological polar surface area (TPSA) is 88.9 Å². The molecule has 4 aromatic carbocycles. The van der Waals surface area contributed by atoms with Gasteiger partial charge in [0.2, 0.25) is 0 Å². The second-order valence-corrected chi connectivity index (χ2v) is 12.5. The third-order valence-corrected chi connectivity index (χ3v) is 8.76. The van der Waals surface area contributed by atoms with Crippen molar-refractivity contribution in [3.05, 3.63) is 96.6 Å². The minimum absolute atomic E-state index is 0.147. The summed E-state index contributed by atoms with van der Waals surface area (Å²) in [5, 5.41) is 4.82. The van der Waals surface area contributed by atoms with Gasteiger partial charge < -0.3 is 14.5 Å². The van der Waals surface area contributed by atoms with E-state index in [4.69, 9.17) is 9.15 Å². The Kier molecular flexibility index (Phi) is 5.88. The maximum Gasteiger partial charge on any atom is 0.267 e. The Hall–Kier alpha value is -4.30. The number of ether oxygens (including phenoxy) is 1. The first kappa shape index (κ1) is 25.0. The number of benzene rings is 4. The van der Waals surface area contributed by atoms with Gasteiger partial charge in [0.05, 0.1) is 17.1 Å². The summed E-state index contributed by atoms with van der Waals surface area (Å²) in [4.78, 5) is 13.6. The zero-order chi connectivity index (χ0) is 27.4. The Labute approximate surface area is 227 Å². The van der Waals surface area contributed by atoms with Gasteiger partial charge in [-0.15, -0.1) is 0 Å². The van der Waals surface area contributed by atoms with Gasteiger partial charge in [-0.25, -0.2) is 8.42 Å². The van der Waals surface area contributed by atoms with Gasteiger partial charge in [0, 0.05) is 22.5 Å². The molecule has 0 spiro atoms. The lowest BCUT2D eigenvalue weighted by atomic mass is 9.86. The fourth-order valence-electron chi connectivity index (χ4n) is 4.83. The molecule has 39 heavy (non-hydrogen) atoms. The van der Waals surface area contributed by atoms with Crippen molar-refractivity contribution in [1.82, 2.24) is 0 Å². The van der Waals surface area contributed by atoms with Crippen molar-refractivity contribution in [1.29, 1.82) is 0 Å². The first-order valence-electron chi connectivity index (χ1n) is 12.7. The molecule has 1 atom stereocenters. The number of rotatable bonds is 4. The summed E-state index contributed by atoms with van der Waals surface area (Å²) in [6.07, 6.45) is -1.07. The van der Waals surface area contributed by atoms with Crippen LogP contribution in [0.3, 0.4) is 0 Å². The van der Waals surface area contributed by atoms with Crippen LogP contribution >= 0.6 is 0 Å². The Balaban J connectivity index is 1.34. The van der Waals surface area contributed by atoms with Gasteiger partial charge in [0.25, 0.3) is 15.9 Å². The summed E-state index contributed by atoms with van der Waals surface area (Å²) in [7, 11) is -3.96. The molecule has 0 unspecified atom stereocenters. The maximum atomic E-state index is 13.8. The van der Waals surface area contributed by atoms with Crippen LogP contribution in [0.25, 0.3) is 21.9 Å². The molecule has 7 nitrogen and oxygen atoms in total. The maximum absolute atomic E-state index is 13.8. The molecule has 0 saturated carbocycles. The lowest BCUT2D eigenvalue weighted by Gasteiger charge is -2.36. The average Bonchev–Trinajstić information content (AvgIpc) is 3.30. The van der Waals surface area contributed by atoms with E-state index in [1.807, 2.05) is 42.5 Å². The largest absolute Gasteiger partial charge is 0.476 e. The quantitative estimate of drug-likeness (QED) is 0.282. The van der Waals surface area contributed by atoms with Gasteiger partial charge in [0.1, 0.15) is 16.9 Å². The van der Waals surface area contributed by atoms with Crippen LogP contribution in [0, 0.1) is 0 Å². The number of nitrogens with zero attached hydrogens (tertiary/aromatic N) is 1. The molecule has 0 bridgehead atoms. The van der Waals surface area contributed by atoms with Gasteiger partial charge in [-0.2, -0.15) is 0 Å². The van der Waals surface area contributed by atoms with E-state index in [0.29, 0.717) is 22.7 Å². The molecule has 0 saturated heterocycles. The highest BCUT2D eigenvalue weighted by molar-refractivity contribution is 7.92. The van der Waals surface area contributed by atoms with Gasteiger partial charge in [-0.05, 0) is 53.4 Å². The number of fused-ring (bicyclic) bond motifs is 4. The number of hydrogen-bond acceptors (Lipinski definition) is 5.